The van der Waals surface area contributed by atoms with Crippen molar-refractivity contribution in [2.24, 2.45) is 0 Å². The molecular weight excluding hydrogens is 431 g/mol. The van der Waals surface area contributed by atoms with Crippen LogP contribution >= 0.6 is 0 Å². The molecule has 1 N–H and O–H groups in total. The van der Waals surface area contributed by atoms with Crippen molar-refractivity contribution in [1.29, 1.82) is 0 Å². The largest absolute Gasteiger partial charge is 0.416 e. The van der Waals surface area contributed by atoms with Gasteiger partial charge in [0.05, 0.1) is 23.0 Å². The molecule has 0 saturated carbocycles. The number of nitrogens with one attached hydrogen (secondary N) is 1. The Morgan fingerprint density at radius 1 is 1.12 bits per heavy atom. The van der Waals surface area contributed by atoms with Crippen molar-refractivity contribution in [1.82, 2.24) is 15.3 Å². The first-order valence-electron chi connectivity index (χ1n) is 10.8. The molecule has 0 unspecified atom stereocenters. The minimum Gasteiger partial charge on any atom is -0.366 e. The van der Waals surface area contributed by atoms with Crippen LogP contribution in [0.15, 0.2) is 60.8 Å². The van der Waals surface area contributed by atoms with E-state index in [-0.39, 0.29) is 12.1 Å². The van der Waals surface area contributed by atoms with Crippen molar-refractivity contribution < 1.29 is 18.0 Å². The fourth-order valence-corrected chi connectivity index (χ4v) is 4.42. The second-order valence-electron chi connectivity index (χ2n) is 8.18. The van der Waals surface area contributed by atoms with E-state index >= 15 is 0 Å². The molecule has 2 aliphatic heterocycles. The molecule has 6 nitrogen and oxygen atoms in total. The highest BCUT2D eigenvalue weighted by Crippen LogP contribution is 2.40. The average molecular weight is 453 g/mol. The summed E-state index contributed by atoms with van der Waals surface area (Å²) in [7, 11) is 0. The Balaban J connectivity index is 1.42. The maximum atomic E-state index is 13.2. The number of rotatable bonds is 4. The Morgan fingerprint density at radius 2 is 2.00 bits per heavy atom. The number of hydrogen-bond acceptors (Lipinski definition) is 4. The molecule has 2 amide bonds. The Kier molecular flexibility index (Phi) is 5.39. The van der Waals surface area contributed by atoms with E-state index in [0.29, 0.717) is 36.6 Å². The molecule has 1 fully saturated rings. The second kappa shape index (κ2) is 8.38. The van der Waals surface area contributed by atoms with Crippen LogP contribution in [-0.4, -0.2) is 41.7 Å². The third kappa shape index (κ3) is 4.22. The van der Waals surface area contributed by atoms with Crippen LogP contribution in [0.25, 0.3) is 11.3 Å². The van der Waals surface area contributed by atoms with Crippen LogP contribution < -0.4 is 15.1 Å². The molecule has 33 heavy (non-hydrogen) atoms. The summed E-state index contributed by atoms with van der Waals surface area (Å²) in [6, 6.07) is 14.0. The van der Waals surface area contributed by atoms with Crippen molar-refractivity contribution >= 4 is 17.5 Å². The number of pyridine rings is 2. The van der Waals surface area contributed by atoms with E-state index < -0.39 is 11.7 Å². The summed E-state index contributed by atoms with van der Waals surface area (Å²) in [6.07, 6.45) is -1.32. The number of amides is 2. The highest BCUT2D eigenvalue weighted by Gasteiger charge is 2.40. The van der Waals surface area contributed by atoms with Crippen molar-refractivity contribution in [2.45, 2.75) is 25.1 Å². The van der Waals surface area contributed by atoms with Gasteiger partial charge < -0.3 is 10.2 Å². The van der Waals surface area contributed by atoms with E-state index in [2.05, 4.69) is 20.2 Å². The SMILES string of the molecule is O=C(NCCc1ccccn1)N1c2nc(-c3cccc(C(F)(F)F)c3)ccc2N2CC[C@H]1C2. The molecule has 9 heteroatoms. The molecule has 170 valence electrons. The van der Waals surface area contributed by atoms with Crippen molar-refractivity contribution in [3.05, 3.63) is 72.1 Å². The average Bonchev–Trinajstić information content (AvgIpc) is 3.23. The highest BCUT2D eigenvalue weighted by atomic mass is 19.4. The molecule has 0 aliphatic carbocycles. The van der Waals surface area contributed by atoms with Crippen LogP contribution in [0.4, 0.5) is 29.5 Å². The smallest absolute Gasteiger partial charge is 0.366 e. The predicted octanol–water partition coefficient (Wildman–Crippen LogP) is 4.51. The van der Waals surface area contributed by atoms with Crippen LogP contribution in [-0.2, 0) is 12.6 Å². The lowest BCUT2D eigenvalue weighted by atomic mass is 10.1. The van der Waals surface area contributed by atoms with Gasteiger partial charge in [-0.25, -0.2) is 9.78 Å². The lowest BCUT2D eigenvalue weighted by Crippen LogP contribution is -2.51. The summed E-state index contributed by atoms with van der Waals surface area (Å²) >= 11 is 0. The maximum absolute atomic E-state index is 13.2. The van der Waals surface area contributed by atoms with Gasteiger partial charge in [-0.2, -0.15) is 13.2 Å². The van der Waals surface area contributed by atoms with Crippen molar-refractivity contribution in [2.75, 3.05) is 29.4 Å². The maximum Gasteiger partial charge on any atom is 0.416 e. The number of anilines is 2. The summed E-state index contributed by atoms with van der Waals surface area (Å²) in [5.74, 6) is 0.481. The van der Waals surface area contributed by atoms with Gasteiger partial charge in [0.15, 0.2) is 5.82 Å². The minimum absolute atomic E-state index is 0.0309. The van der Waals surface area contributed by atoms with Crippen molar-refractivity contribution in [3.63, 3.8) is 0 Å². The Morgan fingerprint density at radius 3 is 2.79 bits per heavy atom. The molecule has 0 spiro atoms. The van der Waals surface area contributed by atoms with E-state index in [9.17, 15) is 18.0 Å². The zero-order valence-corrected chi connectivity index (χ0v) is 17.7. The fraction of sp³-hybridized carbons (Fsp3) is 0.292. The molecule has 4 heterocycles. The number of aromatic nitrogens is 2. The summed E-state index contributed by atoms with van der Waals surface area (Å²) in [4.78, 5) is 25.9. The van der Waals surface area contributed by atoms with E-state index in [1.165, 1.54) is 6.07 Å². The third-order valence-electron chi connectivity index (χ3n) is 6.04. The normalized spacial score (nSPS) is 17.1. The van der Waals surface area contributed by atoms with Gasteiger partial charge in [0.25, 0.3) is 0 Å². The zero-order valence-electron chi connectivity index (χ0n) is 17.7. The molecule has 1 saturated heterocycles. The molecule has 1 aromatic carbocycles. The van der Waals surface area contributed by atoms with Gasteiger partial charge in [0.2, 0.25) is 0 Å². The lowest BCUT2D eigenvalue weighted by molar-refractivity contribution is -0.137. The first kappa shape index (κ1) is 21.2. The summed E-state index contributed by atoms with van der Waals surface area (Å²) in [6.45, 7) is 1.94. The number of nitrogens with zero attached hydrogens (tertiary/aromatic N) is 4. The standard InChI is InChI=1S/C24H22F3N5O/c25-24(26,27)17-5-3-4-16(14-17)20-7-8-21-22(30-20)32(19-10-13-31(21)15-19)23(33)29-12-9-18-6-1-2-11-28-18/h1-8,11,14,19H,9-10,12-13,15H2,(H,29,33)/t19-/m0/s1. The first-order valence-corrected chi connectivity index (χ1v) is 10.8. The molecule has 2 bridgehead atoms. The minimum atomic E-state index is -4.44. The van der Waals surface area contributed by atoms with Crippen LogP contribution in [0, 0.1) is 0 Å². The van der Waals surface area contributed by atoms with Gasteiger partial charge in [-0.05, 0) is 42.8 Å². The van der Waals surface area contributed by atoms with Crippen LogP contribution in [0.3, 0.4) is 0 Å². The molecule has 2 aliphatic rings. The third-order valence-corrected chi connectivity index (χ3v) is 6.04. The van der Waals surface area contributed by atoms with Gasteiger partial charge in [-0.15, -0.1) is 0 Å². The number of carbonyl (C=O) groups excluding carboxylic acids is 1. The van der Waals surface area contributed by atoms with Crippen molar-refractivity contribution in [3.8, 4) is 11.3 Å². The topological polar surface area (TPSA) is 61.4 Å². The molecule has 5 rings (SSSR count). The number of benzene rings is 1. The Bertz CT molecular complexity index is 1170. The number of hydrogen-bond donors (Lipinski definition) is 1. The summed E-state index contributed by atoms with van der Waals surface area (Å²) in [5.41, 5.74) is 1.73. The monoisotopic (exact) mass is 453 g/mol. The number of urea groups is 1. The summed E-state index contributed by atoms with van der Waals surface area (Å²) < 4.78 is 39.6. The molecule has 1 atom stereocenters. The first-order chi connectivity index (χ1) is 15.9. The number of alkyl halides is 3. The fourth-order valence-electron chi connectivity index (χ4n) is 4.42. The number of carbonyl (C=O) groups is 1. The summed E-state index contributed by atoms with van der Waals surface area (Å²) in [5, 5.41) is 2.95. The van der Waals surface area contributed by atoms with E-state index in [1.54, 1.807) is 23.2 Å². The van der Waals surface area contributed by atoms with Gasteiger partial charge in [0, 0.05) is 43.5 Å². The zero-order chi connectivity index (χ0) is 23.0. The van der Waals surface area contributed by atoms with Gasteiger partial charge in [-0.3, -0.25) is 9.88 Å². The molecule has 2 aromatic heterocycles. The molecular formula is C24H22F3N5O. The van der Waals surface area contributed by atoms with Crippen LogP contribution in [0.2, 0.25) is 0 Å². The second-order valence-corrected chi connectivity index (χ2v) is 8.18. The number of fused-ring (bicyclic) bond motifs is 4. The Labute approximate surface area is 189 Å². The molecule has 3 aromatic rings. The van der Waals surface area contributed by atoms with Crippen LogP contribution in [0.5, 0.6) is 0 Å². The Hall–Kier alpha value is -3.62. The predicted molar refractivity (Wildman–Crippen MR) is 119 cm³/mol. The van der Waals surface area contributed by atoms with E-state index in [4.69, 9.17) is 0 Å². The number of halogens is 3. The van der Waals surface area contributed by atoms with Gasteiger partial charge in [0.1, 0.15) is 0 Å². The van der Waals surface area contributed by atoms with Gasteiger partial charge >= 0.3 is 12.2 Å². The lowest BCUT2D eigenvalue weighted by Gasteiger charge is -2.36. The van der Waals surface area contributed by atoms with Gasteiger partial charge in [-0.1, -0.05) is 18.2 Å². The highest BCUT2D eigenvalue weighted by molar-refractivity contribution is 5.97. The van der Waals surface area contributed by atoms with E-state index in [1.807, 2.05) is 24.3 Å². The molecule has 0 radical (unpaired) electrons. The quantitative estimate of drug-likeness (QED) is 0.631. The van der Waals surface area contributed by atoms with Crippen LogP contribution in [0.1, 0.15) is 17.7 Å². The van der Waals surface area contributed by atoms with E-state index in [0.717, 1.165) is 36.5 Å².